The third-order valence-corrected chi connectivity index (χ3v) is 5.12. The summed E-state index contributed by atoms with van der Waals surface area (Å²) in [5.41, 5.74) is 1.59. The van der Waals surface area contributed by atoms with Gasteiger partial charge in [-0.15, -0.1) is 0 Å². The third-order valence-electron chi connectivity index (χ3n) is 5.12. The normalized spacial score (nSPS) is 15.1. The molecular formula is C23H28N2O2. The van der Waals surface area contributed by atoms with E-state index in [1.807, 2.05) is 35.2 Å². The van der Waals surface area contributed by atoms with E-state index in [9.17, 15) is 9.59 Å². The number of carbonyl (C=O) groups is 2. The van der Waals surface area contributed by atoms with Crippen molar-refractivity contribution >= 4 is 11.7 Å². The van der Waals surface area contributed by atoms with E-state index in [4.69, 9.17) is 0 Å². The maximum Gasteiger partial charge on any atom is 0.254 e. The standard InChI is InChI=1S/C23H28N2O2/c1-18(2)12-13-24-14-16-25(17-15-24)23(27)21-11-7-6-10-20(21)22(26)19-8-4-3-5-9-19/h3-11,18H,12-17H2,1-2H3. The highest BCUT2D eigenvalue weighted by Gasteiger charge is 2.25. The van der Waals surface area contributed by atoms with Gasteiger partial charge >= 0.3 is 0 Å². The van der Waals surface area contributed by atoms with Crippen LogP contribution in [0.5, 0.6) is 0 Å². The molecule has 0 aromatic heterocycles. The van der Waals surface area contributed by atoms with Crippen LogP contribution >= 0.6 is 0 Å². The Labute approximate surface area is 161 Å². The summed E-state index contributed by atoms with van der Waals surface area (Å²) in [6.45, 7) is 8.78. The summed E-state index contributed by atoms with van der Waals surface area (Å²) in [6, 6.07) is 16.3. The molecule has 0 unspecified atom stereocenters. The van der Waals surface area contributed by atoms with Crippen molar-refractivity contribution in [3.05, 3.63) is 71.3 Å². The van der Waals surface area contributed by atoms with Crippen LogP contribution in [0.25, 0.3) is 0 Å². The first-order valence-corrected chi connectivity index (χ1v) is 9.76. The molecule has 2 aromatic carbocycles. The van der Waals surface area contributed by atoms with Gasteiger partial charge in [0.25, 0.3) is 5.91 Å². The van der Waals surface area contributed by atoms with Gasteiger partial charge in [0.1, 0.15) is 0 Å². The predicted octanol–water partition coefficient (Wildman–Crippen LogP) is 3.72. The van der Waals surface area contributed by atoms with Crippen molar-refractivity contribution < 1.29 is 9.59 Å². The molecule has 27 heavy (non-hydrogen) atoms. The lowest BCUT2D eigenvalue weighted by Gasteiger charge is -2.35. The molecule has 0 N–H and O–H groups in total. The fourth-order valence-electron chi connectivity index (χ4n) is 3.40. The average molecular weight is 364 g/mol. The number of carbonyl (C=O) groups excluding carboxylic acids is 2. The van der Waals surface area contributed by atoms with E-state index in [0.717, 1.165) is 19.6 Å². The third kappa shape index (κ3) is 4.83. The van der Waals surface area contributed by atoms with Crippen LogP contribution in [0.3, 0.4) is 0 Å². The van der Waals surface area contributed by atoms with Gasteiger partial charge in [-0.3, -0.25) is 14.5 Å². The molecule has 0 aliphatic carbocycles. The van der Waals surface area contributed by atoms with Crippen LogP contribution in [0.2, 0.25) is 0 Å². The van der Waals surface area contributed by atoms with Gasteiger partial charge in [0.05, 0.1) is 5.56 Å². The minimum absolute atomic E-state index is 0.0432. The fraction of sp³-hybridized carbons (Fsp3) is 0.391. The maximum absolute atomic E-state index is 13.1. The second-order valence-electron chi connectivity index (χ2n) is 7.56. The van der Waals surface area contributed by atoms with E-state index in [-0.39, 0.29) is 11.7 Å². The summed E-state index contributed by atoms with van der Waals surface area (Å²) >= 11 is 0. The molecule has 1 aliphatic heterocycles. The monoisotopic (exact) mass is 364 g/mol. The molecule has 1 heterocycles. The topological polar surface area (TPSA) is 40.6 Å². The van der Waals surface area contributed by atoms with E-state index < -0.39 is 0 Å². The van der Waals surface area contributed by atoms with E-state index in [1.54, 1.807) is 24.3 Å². The van der Waals surface area contributed by atoms with Crippen molar-refractivity contribution in [2.45, 2.75) is 20.3 Å². The van der Waals surface area contributed by atoms with Crippen LogP contribution in [0, 0.1) is 5.92 Å². The number of hydrogen-bond donors (Lipinski definition) is 0. The fourth-order valence-corrected chi connectivity index (χ4v) is 3.40. The molecular weight excluding hydrogens is 336 g/mol. The molecule has 1 saturated heterocycles. The van der Waals surface area contributed by atoms with Gasteiger partial charge in [0.15, 0.2) is 5.78 Å². The lowest BCUT2D eigenvalue weighted by Crippen LogP contribution is -2.49. The second-order valence-corrected chi connectivity index (χ2v) is 7.56. The lowest BCUT2D eigenvalue weighted by atomic mass is 9.97. The minimum Gasteiger partial charge on any atom is -0.336 e. The molecule has 1 aliphatic rings. The molecule has 1 amide bonds. The Morgan fingerprint density at radius 3 is 2.07 bits per heavy atom. The van der Waals surface area contributed by atoms with Crippen molar-refractivity contribution in [3.63, 3.8) is 0 Å². The van der Waals surface area contributed by atoms with E-state index in [2.05, 4.69) is 18.7 Å². The Bertz CT molecular complexity index is 778. The molecule has 0 radical (unpaired) electrons. The van der Waals surface area contributed by atoms with Crippen LogP contribution < -0.4 is 0 Å². The zero-order chi connectivity index (χ0) is 19.2. The van der Waals surface area contributed by atoms with Crippen molar-refractivity contribution in [2.75, 3.05) is 32.7 Å². The molecule has 2 aromatic rings. The Morgan fingerprint density at radius 1 is 0.852 bits per heavy atom. The molecule has 4 nitrogen and oxygen atoms in total. The van der Waals surface area contributed by atoms with Gasteiger partial charge in [-0.2, -0.15) is 0 Å². The van der Waals surface area contributed by atoms with Gasteiger partial charge in [0, 0.05) is 37.3 Å². The van der Waals surface area contributed by atoms with Gasteiger partial charge in [-0.1, -0.05) is 62.4 Å². The number of piperazine rings is 1. The second kappa shape index (κ2) is 8.96. The van der Waals surface area contributed by atoms with E-state index in [0.29, 0.717) is 35.7 Å². The predicted molar refractivity (Wildman–Crippen MR) is 108 cm³/mol. The van der Waals surface area contributed by atoms with Gasteiger partial charge < -0.3 is 4.90 Å². The summed E-state index contributed by atoms with van der Waals surface area (Å²) in [5, 5.41) is 0. The largest absolute Gasteiger partial charge is 0.336 e. The van der Waals surface area contributed by atoms with Crippen molar-refractivity contribution in [1.29, 1.82) is 0 Å². The quantitative estimate of drug-likeness (QED) is 0.734. The van der Waals surface area contributed by atoms with Crippen LogP contribution in [0.1, 0.15) is 46.5 Å². The molecule has 0 atom stereocenters. The summed E-state index contributed by atoms with van der Waals surface area (Å²) in [5.74, 6) is 0.550. The van der Waals surface area contributed by atoms with Crippen LogP contribution in [-0.2, 0) is 0 Å². The number of nitrogens with zero attached hydrogens (tertiary/aromatic N) is 2. The van der Waals surface area contributed by atoms with Crippen LogP contribution in [0.15, 0.2) is 54.6 Å². The highest BCUT2D eigenvalue weighted by atomic mass is 16.2. The van der Waals surface area contributed by atoms with Gasteiger partial charge in [0.2, 0.25) is 0 Å². The Morgan fingerprint density at radius 2 is 1.44 bits per heavy atom. The molecule has 3 rings (SSSR count). The Hall–Kier alpha value is -2.46. The smallest absolute Gasteiger partial charge is 0.254 e. The lowest BCUT2D eigenvalue weighted by molar-refractivity contribution is 0.0629. The van der Waals surface area contributed by atoms with Crippen molar-refractivity contribution in [1.82, 2.24) is 9.80 Å². The molecule has 0 saturated carbocycles. The first-order valence-electron chi connectivity index (χ1n) is 9.76. The summed E-state index contributed by atoms with van der Waals surface area (Å²) < 4.78 is 0. The molecule has 0 spiro atoms. The van der Waals surface area contributed by atoms with Crippen LogP contribution in [0.4, 0.5) is 0 Å². The highest BCUT2D eigenvalue weighted by molar-refractivity contribution is 6.15. The van der Waals surface area contributed by atoms with E-state index in [1.165, 1.54) is 6.42 Å². The number of ketones is 1. The SMILES string of the molecule is CC(C)CCN1CCN(C(=O)c2ccccc2C(=O)c2ccccc2)CC1. The first-order chi connectivity index (χ1) is 13.1. The molecule has 4 heteroatoms. The zero-order valence-electron chi connectivity index (χ0n) is 16.2. The average Bonchev–Trinajstić information content (AvgIpc) is 2.72. The number of rotatable bonds is 6. The van der Waals surface area contributed by atoms with Crippen LogP contribution in [-0.4, -0.2) is 54.2 Å². The zero-order valence-corrected chi connectivity index (χ0v) is 16.2. The minimum atomic E-state index is -0.102. The van der Waals surface area contributed by atoms with E-state index >= 15 is 0 Å². The maximum atomic E-state index is 13.1. The summed E-state index contributed by atoms with van der Waals surface area (Å²) in [4.78, 5) is 30.3. The Balaban J connectivity index is 1.70. The van der Waals surface area contributed by atoms with Crippen molar-refractivity contribution in [2.24, 2.45) is 5.92 Å². The molecule has 142 valence electrons. The summed E-state index contributed by atoms with van der Waals surface area (Å²) in [6.07, 6.45) is 1.18. The van der Waals surface area contributed by atoms with Gasteiger partial charge in [-0.25, -0.2) is 0 Å². The summed E-state index contributed by atoms with van der Waals surface area (Å²) in [7, 11) is 0. The first kappa shape index (κ1) is 19.3. The molecule has 0 bridgehead atoms. The molecule has 1 fully saturated rings. The highest BCUT2D eigenvalue weighted by Crippen LogP contribution is 2.18. The number of benzene rings is 2. The van der Waals surface area contributed by atoms with Crippen molar-refractivity contribution in [3.8, 4) is 0 Å². The Kier molecular flexibility index (Phi) is 6.40. The number of hydrogen-bond acceptors (Lipinski definition) is 3. The number of amides is 1. The van der Waals surface area contributed by atoms with Gasteiger partial charge in [-0.05, 0) is 24.9 Å².